The van der Waals surface area contributed by atoms with Crippen molar-refractivity contribution >= 4 is 23.8 Å². The summed E-state index contributed by atoms with van der Waals surface area (Å²) >= 11 is 0. The van der Waals surface area contributed by atoms with Gasteiger partial charge >= 0.3 is 5.97 Å². The third-order valence-corrected chi connectivity index (χ3v) is 4.27. The fraction of sp³-hybridized carbons (Fsp3) is 0.190. The highest BCUT2D eigenvalue weighted by Gasteiger charge is 2.31. The number of fused-ring (bicyclic) bond motifs is 1. The van der Waals surface area contributed by atoms with E-state index >= 15 is 0 Å². The van der Waals surface area contributed by atoms with Crippen molar-refractivity contribution in [1.82, 2.24) is 4.90 Å². The molecule has 3 rings (SSSR count). The number of esters is 1. The Morgan fingerprint density at radius 1 is 1.12 bits per heavy atom. The van der Waals surface area contributed by atoms with E-state index in [1.807, 2.05) is 36.4 Å². The van der Waals surface area contributed by atoms with E-state index in [1.165, 1.54) is 11.0 Å². The first-order valence-electron chi connectivity index (χ1n) is 8.54. The summed E-state index contributed by atoms with van der Waals surface area (Å²) in [6.45, 7) is 2.51. The van der Waals surface area contributed by atoms with Crippen LogP contribution in [0.4, 0.5) is 0 Å². The number of rotatable bonds is 6. The third kappa shape index (κ3) is 3.57. The van der Waals surface area contributed by atoms with E-state index in [0.717, 1.165) is 11.1 Å². The highest BCUT2D eigenvalue weighted by molar-refractivity contribution is 6.22. The zero-order chi connectivity index (χ0) is 18.5. The van der Waals surface area contributed by atoms with Crippen LogP contribution in [0.25, 0.3) is 6.08 Å². The molecule has 0 bridgehead atoms. The number of hydrogen-bond acceptors (Lipinski definition) is 4. The van der Waals surface area contributed by atoms with E-state index in [2.05, 4.69) is 0 Å². The maximum Gasteiger partial charge on any atom is 0.330 e. The summed E-state index contributed by atoms with van der Waals surface area (Å²) in [5.74, 6) is -0.274. The predicted molar refractivity (Wildman–Crippen MR) is 100 cm³/mol. The largest absolute Gasteiger partial charge is 0.463 e. The van der Waals surface area contributed by atoms with Crippen LogP contribution in [0.2, 0.25) is 0 Å². The van der Waals surface area contributed by atoms with Crippen LogP contribution in [0, 0.1) is 5.41 Å². The van der Waals surface area contributed by atoms with Crippen LogP contribution in [-0.4, -0.2) is 35.8 Å². The first-order valence-corrected chi connectivity index (χ1v) is 8.54. The molecule has 1 heterocycles. The van der Waals surface area contributed by atoms with E-state index in [0.29, 0.717) is 30.7 Å². The lowest BCUT2D eigenvalue weighted by Crippen LogP contribution is -2.31. The monoisotopic (exact) mass is 348 g/mol. The lowest BCUT2D eigenvalue weighted by Gasteiger charge is -2.16. The summed E-state index contributed by atoms with van der Waals surface area (Å²) < 4.78 is 4.90. The van der Waals surface area contributed by atoms with Crippen molar-refractivity contribution in [3.8, 4) is 0 Å². The molecule has 0 saturated carbocycles. The first kappa shape index (κ1) is 17.6. The molecule has 0 aromatic heterocycles. The standard InChI is InChI=1S/C21H20N2O3/c1-2-26-19(24)12-11-15-7-3-4-8-16(15)13-14-23-20(22)17-9-5-6-10-18(17)21(23)25/h3-12,22H,2,13-14H2,1H3/b12-11+,22-20?. The molecule has 0 aliphatic carbocycles. The van der Waals surface area contributed by atoms with E-state index in [4.69, 9.17) is 10.1 Å². The molecule has 2 aromatic rings. The average Bonchev–Trinajstić information content (AvgIpc) is 2.90. The Bertz CT molecular complexity index is 851. The van der Waals surface area contributed by atoms with E-state index in [1.54, 1.807) is 25.1 Å². The molecule has 1 amide bonds. The molecule has 5 heteroatoms. The molecule has 132 valence electrons. The predicted octanol–water partition coefficient (Wildman–Crippen LogP) is 3.29. The minimum absolute atomic E-state index is 0.134. The first-order chi connectivity index (χ1) is 12.6. The molecular formula is C21H20N2O3. The van der Waals surface area contributed by atoms with Gasteiger partial charge in [-0.3, -0.25) is 15.1 Å². The number of nitrogens with zero attached hydrogens (tertiary/aromatic N) is 1. The van der Waals surface area contributed by atoms with E-state index < -0.39 is 0 Å². The van der Waals surface area contributed by atoms with Crippen LogP contribution in [0.15, 0.2) is 54.6 Å². The average molecular weight is 348 g/mol. The van der Waals surface area contributed by atoms with Crippen LogP contribution in [0.5, 0.6) is 0 Å². The Hall–Kier alpha value is -3.21. The van der Waals surface area contributed by atoms with Gasteiger partial charge in [0.1, 0.15) is 5.84 Å². The Balaban J connectivity index is 1.72. The number of ether oxygens (including phenoxy) is 1. The van der Waals surface area contributed by atoms with Gasteiger partial charge < -0.3 is 4.74 Å². The highest BCUT2D eigenvalue weighted by Crippen LogP contribution is 2.23. The summed E-state index contributed by atoms with van der Waals surface area (Å²) in [5, 5.41) is 8.25. The zero-order valence-corrected chi connectivity index (χ0v) is 14.6. The fourth-order valence-electron chi connectivity index (χ4n) is 2.99. The van der Waals surface area contributed by atoms with Gasteiger partial charge in [-0.25, -0.2) is 4.79 Å². The van der Waals surface area contributed by atoms with Crippen LogP contribution < -0.4 is 0 Å². The molecular weight excluding hydrogens is 328 g/mol. The number of nitrogens with one attached hydrogen (secondary N) is 1. The van der Waals surface area contributed by atoms with Gasteiger partial charge in [0.15, 0.2) is 0 Å². The Morgan fingerprint density at radius 3 is 2.54 bits per heavy atom. The third-order valence-electron chi connectivity index (χ3n) is 4.27. The second-order valence-corrected chi connectivity index (χ2v) is 5.89. The van der Waals surface area contributed by atoms with Gasteiger partial charge in [0.05, 0.1) is 12.2 Å². The molecule has 5 nitrogen and oxygen atoms in total. The van der Waals surface area contributed by atoms with Gasteiger partial charge in [0.25, 0.3) is 5.91 Å². The van der Waals surface area contributed by atoms with Crippen molar-refractivity contribution in [3.63, 3.8) is 0 Å². The summed E-state index contributed by atoms with van der Waals surface area (Å²) in [5.41, 5.74) is 3.15. The summed E-state index contributed by atoms with van der Waals surface area (Å²) in [6.07, 6.45) is 3.71. The topological polar surface area (TPSA) is 70.5 Å². The van der Waals surface area contributed by atoms with Gasteiger partial charge in [-0.2, -0.15) is 0 Å². The van der Waals surface area contributed by atoms with Crippen molar-refractivity contribution in [1.29, 1.82) is 5.41 Å². The second kappa shape index (κ2) is 7.78. The van der Waals surface area contributed by atoms with Crippen LogP contribution in [0.1, 0.15) is 34.0 Å². The second-order valence-electron chi connectivity index (χ2n) is 5.89. The minimum atomic E-state index is -0.380. The number of hydrogen-bond donors (Lipinski definition) is 1. The van der Waals surface area contributed by atoms with Crippen molar-refractivity contribution in [2.24, 2.45) is 0 Å². The Labute approximate surface area is 152 Å². The summed E-state index contributed by atoms with van der Waals surface area (Å²) in [4.78, 5) is 25.5. The Morgan fingerprint density at radius 2 is 1.81 bits per heavy atom. The molecule has 1 aliphatic rings. The van der Waals surface area contributed by atoms with Gasteiger partial charge in [0.2, 0.25) is 0 Å². The lowest BCUT2D eigenvalue weighted by atomic mass is 10.0. The van der Waals surface area contributed by atoms with Crippen LogP contribution in [-0.2, 0) is 16.0 Å². The summed E-state index contributed by atoms with van der Waals surface area (Å²) in [7, 11) is 0. The molecule has 0 atom stereocenters. The molecule has 0 fully saturated rings. The molecule has 0 unspecified atom stereocenters. The maximum absolute atomic E-state index is 12.5. The molecule has 1 aliphatic heterocycles. The van der Waals surface area contributed by atoms with Gasteiger partial charge in [0, 0.05) is 18.2 Å². The van der Waals surface area contributed by atoms with Crippen molar-refractivity contribution in [2.75, 3.05) is 13.2 Å². The maximum atomic E-state index is 12.5. The lowest BCUT2D eigenvalue weighted by molar-refractivity contribution is -0.137. The quantitative estimate of drug-likeness (QED) is 0.643. The van der Waals surface area contributed by atoms with E-state index in [-0.39, 0.29) is 17.7 Å². The summed E-state index contributed by atoms with van der Waals surface area (Å²) in [6, 6.07) is 14.9. The number of carbonyl (C=O) groups is 2. The molecule has 0 saturated heterocycles. The molecule has 26 heavy (non-hydrogen) atoms. The van der Waals surface area contributed by atoms with Gasteiger partial charge in [-0.1, -0.05) is 42.5 Å². The van der Waals surface area contributed by atoms with E-state index in [9.17, 15) is 9.59 Å². The number of amidine groups is 1. The zero-order valence-electron chi connectivity index (χ0n) is 14.6. The molecule has 0 radical (unpaired) electrons. The molecule has 0 spiro atoms. The molecule has 1 N–H and O–H groups in total. The van der Waals surface area contributed by atoms with Crippen LogP contribution in [0.3, 0.4) is 0 Å². The fourth-order valence-corrected chi connectivity index (χ4v) is 2.99. The van der Waals surface area contributed by atoms with Crippen molar-refractivity contribution in [2.45, 2.75) is 13.3 Å². The molecule has 2 aromatic carbocycles. The van der Waals surface area contributed by atoms with Crippen molar-refractivity contribution in [3.05, 3.63) is 76.9 Å². The van der Waals surface area contributed by atoms with Crippen molar-refractivity contribution < 1.29 is 14.3 Å². The normalized spacial score (nSPS) is 13.3. The highest BCUT2D eigenvalue weighted by atomic mass is 16.5. The number of amides is 1. The SMILES string of the molecule is CCOC(=O)/C=C/c1ccccc1CCN1C(=N)c2ccccc2C1=O. The Kier molecular flexibility index (Phi) is 5.27. The minimum Gasteiger partial charge on any atom is -0.463 e. The number of benzene rings is 2. The van der Waals surface area contributed by atoms with Gasteiger partial charge in [-0.15, -0.1) is 0 Å². The van der Waals surface area contributed by atoms with Gasteiger partial charge in [-0.05, 0) is 36.6 Å². The van der Waals surface area contributed by atoms with Crippen LogP contribution >= 0.6 is 0 Å². The number of carbonyl (C=O) groups excluding carboxylic acids is 2. The smallest absolute Gasteiger partial charge is 0.330 e.